The third-order valence-electron chi connectivity index (χ3n) is 5.04. The molecule has 0 radical (unpaired) electrons. The number of imidazole rings is 1. The van der Waals surface area contributed by atoms with E-state index in [1.54, 1.807) is 23.0 Å². The summed E-state index contributed by atoms with van der Waals surface area (Å²) in [5.74, 6) is 0.846. The summed E-state index contributed by atoms with van der Waals surface area (Å²) in [5.41, 5.74) is 19.1. The maximum Gasteiger partial charge on any atom is 0.257 e. The Morgan fingerprint density at radius 2 is 1.90 bits per heavy atom. The van der Waals surface area contributed by atoms with Crippen molar-refractivity contribution in [3.8, 4) is 5.75 Å². The van der Waals surface area contributed by atoms with Gasteiger partial charge in [-0.25, -0.2) is 4.98 Å². The highest BCUT2D eigenvalue weighted by Crippen LogP contribution is 2.22. The number of carbonyl (C=O) groups is 1. The van der Waals surface area contributed by atoms with Crippen molar-refractivity contribution >= 4 is 41.2 Å². The number of carbonyl (C=O) groups excluding carboxylic acids is 1. The highest BCUT2D eigenvalue weighted by molar-refractivity contribution is 5.97. The average molecular weight is 433 g/mol. The molecule has 0 bridgehead atoms. The summed E-state index contributed by atoms with van der Waals surface area (Å²) < 4.78 is 7.72. The van der Waals surface area contributed by atoms with Gasteiger partial charge in [0.25, 0.3) is 5.91 Å². The number of fused-ring (bicyclic) bond motifs is 1. The first-order valence-electron chi connectivity index (χ1n) is 9.53. The Kier molecular flexibility index (Phi) is 6.58. The molecule has 160 valence electrons. The molecule has 1 aliphatic rings. The molecule has 3 aromatic rings. The smallest absolute Gasteiger partial charge is 0.257 e. The Labute approximate surface area is 179 Å². The van der Waals surface area contributed by atoms with Crippen LogP contribution in [0.4, 0.5) is 11.8 Å². The number of hydrogen-bond donors (Lipinski definition) is 3. The third-order valence-corrected chi connectivity index (χ3v) is 5.04. The molecule has 30 heavy (non-hydrogen) atoms. The number of benzene rings is 1. The van der Waals surface area contributed by atoms with E-state index >= 15 is 0 Å². The van der Waals surface area contributed by atoms with Gasteiger partial charge in [0.2, 0.25) is 5.95 Å². The quantitative estimate of drug-likeness (QED) is 0.541. The van der Waals surface area contributed by atoms with Gasteiger partial charge in [-0.05, 0) is 25.0 Å². The topological polar surface area (TPSA) is 151 Å². The maximum absolute atomic E-state index is 12.9. The number of para-hydroxylation sites is 1. The van der Waals surface area contributed by atoms with E-state index in [-0.39, 0.29) is 36.1 Å². The van der Waals surface area contributed by atoms with Crippen LogP contribution >= 0.6 is 12.4 Å². The summed E-state index contributed by atoms with van der Waals surface area (Å²) in [6.07, 6.45) is 3.25. The van der Waals surface area contributed by atoms with Gasteiger partial charge >= 0.3 is 0 Å². The minimum Gasteiger partial charge on any atom is -0.491 e. The van der Waals surface area contributed by atoms with Gasteiger partial charge in [0.15, 0.2) is 11.5 Å². The number of rotatable bonds is 5. The highest BCUT2D eigenvalue weighted by Gasteiger charge is 2.23. The molecule has 4 rings (SSSR count). The van der Waals surface area contributed by atoms with Crippen molar-refractivity contribution in [2.24, 2.45) is 5.73 Å². The summed E-state index contributed by atoms with van der Waals surface area (Å²) in [5, 5.41) is 0. The van der Waals surface area contributed by atoms with Gasteiger partial charge in [-0.2, -0.15) is 9.97 Å². The molecule has 2 aromatic heterocycles. The van der Waals surface area contributed by atoms with Crippen LogP contribution < -0.4 is 21.9 Å². The zero-order chi connectivity index (χ0) is 20.4. The van der Waals surface area contributed by atoms with Crippen LogP contribution in [0.2, 0.25) is 0 Å². The fourth-order valence-corrected chi connectivity index (χ4v) is 3.44. The van der Waals surface area contributed by atoms with E-state index in [1.165, 1.54) is 0 Å². The third kappa shape index (κ3) is 4.39. The Hall–Kier alpha value is -3.11. The first-order chi connectivity index (χ1) is 14.0. The van der Waals surface area contributed by atoms with Crippen LogP contribution in [0.1, 0.15) is 23.2 Å². The molecule has 6 N–H and O–H groups in total. The van der Waals surface area contributed by atoms with Crippen LogP contribution in [0.5, 0.6) is 5.75 Å². The van der Waals surface area contributed by atoms with E-state index in [2.05, 4.69) is 15.0 Å². The largest absolute Gasteiger partial charge is 0.491 e. The van der Waals surface area contributed by atoms with Crippen LogP contribution in [-0.4, -0.2) is 56.1 Å². The number of ether oxygens (including phenoxy) is 1. The monoisotopic (exact) mass is 432 g/mol. The zero-order valence-electron chi connectivity index (χ0n) is 16.4. The van der Waals surface area contributed by atoms with E-state index < -0.39 is 0 Å². The number of amides is 1. The van der Waals surface area contributed by atoms with Crippen molar-refractivity contribution in [2.45, 2.75) is 25.4 Å². The molecule has 3 heterocycles. The van der Waals surface area contributed by atoms with E-state index in [0.29, 0.717) is 48.7 Å². The molecule has 11 heteroatoms. The lowest BCUT2D eigenvalue weighted by molar-refractivity contribution is 0.0710. The molecule has 1 fully saturated rings. The number of anilines is 2. The minimum absolute atomic E-state index is 0. The Balaban J connectivity index is 0.00000256. The predicted molar refractivity (Wildman–Crippen MR) is 116 cm³/mol. The molecular formula is C19H25ClN8O2. The van der Waals surface area contributed by atoms with Gasteiger partial charge in [-0.15, -0.1) is 12.4 Å². The summed E-state index contributed by atoms with van der Waals surface area (Å²) in [4.78, 5) is 27.1. The van der Waals surface area contributed by atoms with E-state index in [9.17, 15) is 4.79 Å². The second-order valence-corrected chi connectivity index (χ2v) is 7.05. The van der Waals surface area contributed by atoms with Gasteiger partial charge in [-0.1, -0.05) is 12.1 Å². The Morgan fingerprint density at radius 1 is 1.17 bits per heavy atom. The number of nitrogen functional groups attached to an aromatic ring is 2. The van der Waals surface area contributed by atoms with Gasteiger partial charge in [0.05, 0.1) is 18.4 Å². The second kappa shape index (κ2) is 9.14. The van der Waals surface area contributed by atoms with Crippen LogP contribution in [0.15, 0.2) is 30.6 Å². The second-order valence-electron chi connectivity index (χ2n) is 7.05. The number of nitrogens with two attached hydrogens (primary N) is 3. The molecule has 0 aliphatic carbocycles. The van der Waals surface area contributed by atoms with Gasteiger partial charge in [-0.3, -0.25) is 4.79 Å². The highest BCUT2D eigenvalue weighted by atomic mass is 35.5. The molecule has 0 atom stereocenters. The van der Waals surface area contributed by atoms with Crippen molar-refractivity contribution in [3.05, 3.63) is 36.2 Å². The van der Waals surface area contributed by atoms with Crippen molar-refractivity contribution in [3.63, 3.8) is 0 Å². The number of halogens is 1. The molecule has 1 aliphatic heterocycles. The predicted octanol–water partition coefficient (Wildman–Crippen LogP) is 1.05. The number of aromatic nitrogens is 4. The number of piperidine rings is 1. The summed E-state index contributed by atoms with van der Waals surface area (Å²) in [6.45, 7) is 2.12. The summed E-state index contributed by atoms with van der Waals surface area (Å²) in [6, 6.07) is 7.43. The Bertz CT molecular complexity index is 1030. The number of hydrogen-bond acceptors (Lipinski definition) is 8. The maximum atomic E-state index is 12.9. The number of likely N-dealkylation sites (tertiary alicyclic amines) is 1. The fraction of sp³-hybridized carbons (Fsp3) is 0.368. The van der Waals surface area contributed by atoms with Gasteiger partial charge in [0, 0.05) is 19.1 Å². The minimum atomic E-state index is -0.0335. The van der Waals surface area contributed by atoms with Crippen molar-refractivity contribution < 1.29 is 9.53 Å². The molecular weight excluding hydrogens is 408 g/mol. The van der Waals surface area contributed by atoms with E-state index in [4.69, 9.17) is 21.9 Å². The lowest BCUT2D eigenvalue weighted by atomic mass is 10.0. The molecule has 1 saturated heterocycles. The normalized spacial score (nSPS) is 14.5. The van der Waals surface area contributed by atoms with Gasteiger partial charge < -0.3 is 31.4 Å². The SMILES string of the molecule is Cl.Nc1nc(N)c2ncn(CCOc3ccccc3C(=O)N3CCC(N)CC3)c2n1. The average Bonchev–Trinajstić information content (AvgIpc) is 3.11. The molecule has 0 unspecified atom stereocenters. The van der Waals surface area contributed by atoms with E-state index in [1.807, 2.05) is 17.0 Å². The number of nitrogens with zero attached hydrogens (tertiary/aromatic N) is 5. The van der Waals surface area contributed by atoms with Crippen LogP contribution in [0.3, 0.4) is 0 Å². The Morgan fingerprint density at radius 3 is 2.67 bits per heavy atom. The van der Waals surface area contributed by atoms with Crippen LogP contribution in [0, 0.1) is 0 Å². The van der Waals surface area contributed by atoms with Crippen molar-refractivity contribution in [1.82, 2.24) is 24.4 Å². The molecule has 0 spiro atoms. The van der Waals surface area contributed by atoms with Crippen LogP contribution in [-0.2, 0) is 6.54 Å². The van der Waals surface area contributed by atoms with E-state index in [0.717, 1.165) is 12.8 Å². The van der Waals surface area contributed by atoms with Crippen molar-refractivity contribution in [1.29, 1.82) is 0 Å². The molecule has 10 nitrogen and oxygen atoms in total. The molecule has 1 amide bonds. The summed E-state index contributed by atoms with van der Waals surface area (Å²) >= 11 is 0. The summed E-state index contributed by atoms with van der Waals surface area (Å²) in [7, 11) is 0. The van der Waals surface area contributed by atoms with Crippen LogP contribution in [0.25, 0.3) is 11.2 Å². The molecule has 1 aromatic carbocycles. The molecule has 0 saturated carbocycles. The van der Waals surface area contributed by atoms with Crippen molar-refractivity contribution in [2.75, 3.05) is 31.2 Å². The lowest BCUT2D eigenvalue weighted by Crippen LogP contribution is -2.42. The first-order valence-corrected chi connectivity index (χ1v) is 9.53. The fourth-order valence-electron chi connectivity index (χ4n) is 3.44. The van der Waals surface area contributed by atoms with Gasteiger partial charge in [0.1, 0.15) is 17.9 Å². The zero-order valence-corrected chi connectivity index (χ0v) is 17.2. The lowest BCUT2D eigenvalue weighted by Gasteiger charge is -2.30. The first kappa shape index (κ1) is 21.6. The standard InChI is InChI=1S/C19H24N8O2.ClH/c20-12-5-7-26(8-6-12)18(28)13-3-1-2-4-14(13)29-10-9-27-11-23-15-16(21)24-19(22)25-17(15)27;/h1-4,11-12H,5-10,20H2,(H4,21,22,24,25);1H.